The van der Waals surface area contributed by atoms with Crippen LogP contribution in [0.4, 0.5) is 4.39 Å². The third-order valence-electron chi connectivity index (χ3n) is 2.22. The highest BCUT2D eigenvalue weighted by Gasteiger charge is 2.31. The largest absolute Gasteiger partial charge is 0.400 e. The van der Waals surface area contributed by atoms with Crippen LogP contribution in [0.3, 0.4) is 0 Å². The van der Waals surface area contributed by atoms with Gasteiger partial charge in [-0.3, -0.25) is 0 Å². The zero-order valence-corrected chi connectivity index (χ0v) is 11.7. The van der Waals surface area contributed by atoms with E-state index in [2.05, 4.69) is 6.07 Å². The first kappa shape index (κ1) is 13.9. The topological polar surface area (TPSA) is 33.0 Å². The lowest BCUT2D eigenvalue weighted by Crippen LogP contribution is -2.41. The Morgan fingerprint density at radius 3 is 2.24 bits per heavy atom. The van der Waals surface area contributed by atoms with Crippen molar-refractivity contribution in [3.05, 3.63) is 35.6 Å². The molecule has 1 rings (SSSR count). The van der Waals surface area contributed by atoms with Crippen LogP contribution in [0.2, 0.25) is 19.6 Å². The van der Waals surface area contributed by atoms with Gasteiger partial charge in [0.05, 0.1) is 6.07 Å². The molecule has 4 heteroatoms. The van der Waals surface area contributed by atoms with Gasteiger partial charge in [0.15, 0.2) is 8.32 Å². The average Bonchev–Trinajstić information content (AvgIpc) is 2.19. The van der Waals surface area contributed by atoms with Gasteiger partial charge in [-0.2, -0.15) is 5.26 Å². The third kappa shape index (κ3) is 4.68. The van der Waals surface area contributed by atoms with Gasteiger partial charge in [0.2, 0.25) is 0 Å². The van der Waals surface area contributed by atoms with Crippen molar-refractivity contribution in [1.29, 1.82) is 5.26 Å². The van der Waals surface area contributed by atoms with Gasteiger partial charge in [0, 0.05) is 6.42 Å². The van der Waals surface area contributed by atoms with E-state index in [9.17, 15) is 9.65 Å². The molecule has 0 saturated carbocycles. The fourth-order valence-corrected chi connectivity index (χ4v) is 3.24. The van der Waals surface area contributed by atoms with Gasteiger partial charge < -0.3 is 4.43 Å². The summed E-state index contributed by atoms with van der Waals surface area (Å²) >= 11 is 0. The summed E-state index contributed by atoms with van der Waals surface area (Å²) in [6.45, 7) is 7.93. The van der Waals surface area contributed by atoms with E-state index in [-0.39, 0.29) is 5.82 Å². The lowest BCUT2D eigenvalue weighted by Gasteiger charge is -2.30. The minimum absolute atomic E-state index is 0.265. The molecule has 0 radical (unpaired) electrons. The molecule has 0 aromatic heterocycles. The van der Waals surface area contributed by atoms with Crippen LogP contribution in [0.25, 0.3) is 0 Å². The maximum absolute atomic E-state index is 12.8. The van der Waals surface area contributed by atoms with Crippen LogP contribution in [0.1, 0.15) is 12.5 Å². The molecule has 1 atom stereocenters. The fourth-order valence-electron chi connectivity index (χ4n) is 1.77. The summed E-state index contributed by atoms with van der Waals surface area (Å²) < 4.78 is 18.7. The second-order valence-corrected chi connectivity index (χ2v) is 9.79. The van der Waals surface area contributed by atoms with E-state index >= 15 is 0 Å². The number of hydrogen-bond acceptors (Lipinski definition) is 2. The molecular weight excluding hydrogens is 233 g/mol. The van der Waals surface area contributed by atoms with Gasteiger partial charge >= 0.3 is 0 Å². The predicted molar refractivity (Wildman–Crippen MR) is 68.6 cm³/mol. The molecular formula is C13H18FNOSi. The van der Waals surface area contributed by atoms with Gasteiger partial charge in [-0.15, -0.1) is 0 Å². The molecule has 0 aliphatic carbocycles. The molecule has 1 aromatic rings. The Hall–Kier alpha value is -1.18. The maximum atomic E-state index is 12.8. The molecule has 0 fully saturated rings. The van der Waals surface area contributed by atoms with Crippen molar-refractivity contribution in [2.75, 3.05) is 0 Å². The molecule has 17 heavy (non-hydrogen) atoms. The van der Waals surface area contributed by atoms with Crippen molar-refractivity contribution >= 4 is 8.32 Å². The fraction of sp³-hybridized carbons (Fsp3) is 0.462. The van der Waals surface area contributed by atoms with E-state index in [0.717, 1.165) is 5.56 Å². The second kappa shape index (κ2) is 4.99. The first-order valence-electron chi connectivity index (χ1n) is 5.60. The van der Waals surface area contributed by atoms with Crippen molar-refractivity contribution in [3.8, 4) is 6.07 Å². The smallest absolute Gasteiger partial charge is 0.185 e. The second-order valence-electron chi connectivity index (χ2n) is 5.36. The van der Waals surface area contributed by atoms with E-state index in [4.69, 9.17) is 4.43 Å². The molecule has 0 aliphatic rings. The van der Waals surface area contributed by atoms with E-state index in [1.807, 2.05) is 19.6 Å². The van der Waals surface area contributed by atoms with Gasteiger partial charge in [0.25, 0.3) is 0 Å². The van der Waals surface area contributed by atoms with E-state index < -0.39 is 13.9 Å². The molecule has 1 unspecified atom stereocenters. The summed E-state index contributed by atoms with van der Waals surface area (Å²) in [5, 5.41) is 9.24. The zero-order valence-electron chi connectivity index (χ0n) is 10.7. The van der Waals surface area contributed by atoms with Gasteiger partial charge in [0.1, 0.15) is 11.4 Å². The SMILES string of the molecule is CC(C#N)(Cc1ccc(F)cc1)O[Si](C)(C)C. The highest BCUT2D eigenvalue weighted by molar-refractivity contribution is 6.69. The first-order chi connectivity index (χ1) is 7.74. The van der Waals surface area contributed by atoms with Gasteiger partial charge in [-0.1, -0.05) is 12.1 Å². The highest BCUT2D eigenvalue weighted by atomic mass is 28.4. The summed E-state index contributed by atoms with van der Waals surface area (Å²) in [6, 6.07) is 8.41. The summed E-state index contributed by atoms with van der Waals surface area (Å²) in [5.41, 5.74) is 0.0798. The van der Waals surface area contributed by atoms with Crippen LogP contribution < -0.4 is 0 Å². The monoisotopic (exact) mass is 251 g/mol. The van der Waals surface area contributed by atoms with Crippen molar-refractivity contribution in [3.63, 3.8) is 0 Å². The summed E-state index contributed by atoms with van der Waals surface area (Å²) in [5.74, 6) is -0.265. The molecule has 0 spiro atoms. The van der Waals surface area contributed by atoms with Gasteiger partial charge in [-0.05, 0) is 44.3 Å². The van der Waals surface area contributed by atoms with E-state index in [0.29, 0.717) is 6.42 Å². The van der Waals surface area contributed by atoms with Crippen LogP contribution in [0.5, 0.6) is 0 Å². The molecule has 0 saturated heterocycles. The molecule has 0 amide bonds. The number of hydrogen-bond donors (Lipinski definition) is 0. The number of benzene rings is 1. The minimum atomic E-state index is -1.77. The van der Waals surface area contributed by atoms with Crippen LogP contribution in [0, 0.1) is 17.1 Å². The zero-order chi connectivity index (χ0) is 13.1. The molecule has 2 nitrogen and oxygen atoms in total. The van der Waals surface area contributed by atoms with Crippen molar-refractivity contribution < 1.29 is 8.82 Å². The van der Waals surface area contributed by atoms with Crippen molar-refractivity contribution in [1.82, 2.24) is 0 Å². The molecule has 0 N–H and O–H groups in total. The predicted octanol–water partition coefficient (Wildman–Crippen LogP) is 3.50. The quantitative estimate of drug-likeness (QED) is 0.767. The number of nitrogens with zero attached hydrogens (tertiary/aromatic N) is 1. The Morgan fingerprint density at radius 1 is 1.29 bits per heavy atom. The summed E-state index contributed by atoms with van der Waals surface area (Å²) in [7, 11) is -1.77. The average molecular weight is 251 g/mol. The van der Waals surface area contributed by atoms with E-state index in [1.165, 1.54) is 12.1 Å². The Balaban J connectivity index is 2.83. The van der Waals surface area contributed by atoms with Gasteiger partial charge in [-0.25, -0.2) is 4.39 Å². The molecule has 1 aromatic carbocycles. The summed E-state index contributed by atoms with van der Waals surface area (Å²) in [4.78, 5) is 0. The highest BCUT2D eigenvalue weighted by Crippen LogP contribution is 2.22. The van der Waals surface area contributed by atoms with Crippen LogP contribution in [-0.4, -0.2) is 13.9 Å². The minimum Gasteiger partial charge on any atom is -0.400 e. The molecule has 92 valence electrons. The Bertz CT molecular complexity index is 419. The lowest BCUT2D eigenvalue weighted by molar-refractivity contribution is 0.141. The Labute approximate surface area is 103 Å². The van der Waals surface area contributed by atoms with Crippen molar-refractivity contribution in [2.45, 2.75) is 38.6 Å². The molecule has 0 heterocycles. The van der Waals surface area contributed by atoms with E-state index in [1.54, 1.807) is 19.1 Å². The first-order valence-corrected chi connectivity index (χ1v) is 9.01. The standard InChI is InChI=1S/C13H18FNOSi/c1-13(10-15,16-17(2,3)4)9-11-5-7-12(14)8-6-11/h5-8H,9H2,1-4H3. The number of rotatable bonds is 4. The van der Waals surface area contributed by atoms with Crippen LogP contribution in [-0.2, 0) is 10.8 Å². The Morgan fingerprint density at radius 2 is 1.82 bits per heavy atom. The Kier molecular flexibility index (Phi) is 4.07. The number of nitriles is 1. The molecule has 0 bridgehead atoms. The molecule has 0 aliphatic heterocycles. The van der Waals surface area contributed by atoms with Crippen LogP contribution >= 0.6 is 0 Å². The van der Waals surface area contributed by atoms with Crippen molar-refractivity contribution in [2.24, 2.45) is 0 Å². The normalized spacial score (nSPS) is 15.1. The third-order valence-corrected chi connectivity index (χ3v) is 3.29. The summed E-state index contributed by atoms with van der Waals surface area (Å²) in [6.07, 6.45) is 0.480. The lowest BCUT2D eigenvalue weighted by atomic mass is 9.98. The van der Waals surface area contributed by atoms with Crippen LogP contribution in [0.15, 0.2) is 24.3 Å². The number of halogens is 1. The maximum Gasteiger partial charge on any atom is 0.185 e.